The molecule has 136 valence electrons. The Bertz CT molecular complexity index is 623. The minimum atomic E-state index is -0.822. The number of benzene rings is 1. The fourth-order valence-electron chi connectivity index (χ4n) is 3.29. The summed E-state index contributed by atoms with van der Waals surface area (Å²) >= 11 is 0. The summed E-state index contributed by atoms with van der Waals surface area (Å²) in [6, 6.07) is 6.84. The Labute approximate surface area is 148 Å². The molecular weight excluding hydrogens is 320 g/mol. The van der Waals surface area contributed by atoms with Gasteiger partial charge in [0, 0.05) is 30.3 Å². The van der Waals surface area contributed by atoms with Crippen LogP contribution in [-0.4, -0.2) is 40.9 Å². The lowest BCUT2D eigenvalue weighted by Crippen LogP contribution is -2.31. The summed E-state index contributed by atoms with van der Waals surface area (Å²) in [7, 11) is 0. The van der Waals surface area contributed by atoms with E-state index in [2.05, 4.69) is 5.32 Å². The first-order valence-corrected chi connectivity index (χ1v) is 8.89. The predicted octanol–water partition coefficient (Wildman–Crippen LogP) is 3.00. The minimum absolute atomic E-state index is 0.0283. The molecule has 1 saturated carbocycles. The molecule has 2 N–H and O–H groups in total. The molecule has 1 fully saturated rings. The first-order valence-electron chi connectivity index (χ1n) is 8.89. The lowest BCUT2D eigenvalue weighted by Gasteiger charge is -2.25. The Morgan fingerprint density at radius 2 is 1.68 bits per heavy atom. The van der Waals surface area contributed by atoms with Gasteiger partial charge >= 0.3 is 5.97 Å². The first kappa shape index (κ1) is 19.0. The van der Waals surface area contributed by atoms with Gasteiger partial charge in [-0.1, -0.05) is 6.42 Å². The van der Waals surface area contributed by atoms with Crippen molar-refractivity contribution in [3.05, 3.63) is 29.8 Å². The number of carbonyl (C=O) groups excluding carboxylic acids is 2. The number of nitrogens with zero attached hydrogens (tertiary/aromatic N) is 1. The molecule has 0 radical (unpaired) electrons. The van der Waals surface area contributed by atoms with E-state index in [9.17, 15) is 14.4 Å². The number of amides is 2. The molecule has 2 atom stereocenters. The topological polar surface area (TPSA) is 86.7 Å². The molecule has 0 aliphatic heterocycles. The maximum absolute atomic E-state index is 12.4. The Morgan fingerprint density at radius 3 is 2.24 bits per heavy atom. The van der Waals surface area contributed by atoms with E-state index in [1.54, 1.807) is 29.2 Å². The molecule has 1 aliphatic carbocycles. The molecule has 2 rings (SSSR count). The van der Waals surface area contributed by atoms with Crippen molar-refractivity contribution in [3.63, 3.8) is 0 Å². The number of carboxylic acid groups (broad SMARTS) is 1. The van der Waals surface area contributed by atoms with Crippen LogP contribution in [0.15, 0.2) is 24.3 Å². The standard InChI is InChI=1S/C19H26N2O4/c1-3-21(4-2)18(23)13-8-10-16(11-9-13)20-17(22)14-6-5-7-15(12-14)19(24)25/h8-11,14-15H,3-7,12H2,1-2H3,(H,20,22)(H,24,25). The SMILES string of the molecule is CCN(CC)C(=O)c1ccc(NC(=O)C2CCCC(C(=O)O)C2)cc1. The lowest BCUT2D eigenvalue weighted by molar-refractivity contribution is -0.143. The van der Waals surface area contributed by atoms with Gasteiger partial charge in [0.15, 0.2) is 0 Å². The number of nitrogens with one attached hydrogen (secondary N) is 1. The van der Waals surface area contributed by atoms with Crippen molar-refractivity contribution in [1.29, 1.82) is 0 Å². The van der Waals surface area contributed by atoms with Gasteiger partial charge < -0.3 is 15.3 Å². The van der Waals surface area contributed by atoms with E-state index in [0.717, 1.165) is 6.42 Å². The number of rotatable bonds is 6. The molecule has 0 heterocycles. The summed E-state index contributed by atoms with van der Waals surface area (Å²) in [5, 5.41) is 12.0. The van der Waals surface area contributed by atoms with Gasteiger partial charge in [-0.15, -0.1) is 0 Å². The highest BCUT2D eigenvalue weighted by atomic mass is 16.4. The average molecular weight is 346 g/mol. The molecule has 0 spiro atoms. The molecule has 25 heavy (non-hydrogen) atoms. The summed E-state index contributed by atoms with van der Waals surface area (Å²) in [6.45, 7) is 5.18. The predicted molar refractivity (Wildman–Crippen MR) is 95.4 cm³/mol. The number of aliphatic carboxylic acids is 1. The van der Waals surface area contributed by atoms with Crippen LogP contribution in [0.1, 0.15) is 49.9 Å². The Hall–Kier alpha value is -2.37. The molecule has 0 saturated heterocycles. The minimum Gasteiger partial charge on any atom is -0.481 e. The molecule has 6 heteroatoms. The van der Waals surface area contributed by atoms with E-state index >= 15 is 0 Å². The number of carboxylic acids is 1. The first-order chi connectivity index (χ1) is 12.0. The molecular formula is C19H26N2O4. The van der Waals surface area contributed by atoms with Crippen LogP contribution in [0.3, 0.4) is 0 Å². The third-order valence-electron chi connectivity index (χ3n) is 4.84. The van der Waals surface area contributed by atoms with Gasteiger partial charge in [0.25, 0.3) is 5.91 Å². The van der Waals surface area contributed by atoms with Crippen LogP contribution in [0.5, 0.6) is 0 Å². The zero-order chi connectivity index (χ0) is 18.4. The Kier molecular flexibility index (Phi) is 6.56. The molecule has 0 bridgehead atoms. The second-order valence-corrected chi connectivity index (χ2v) is 6.44. The van der Waals surface area contributed by atoms with Crippen LogP contribution >= 0.6 is 0 Å². The fourth-order valence-corrected chi connectivity index (χ4v) is 3.29. The van der Waals surface area contributed by atoms with E-state index in [4.69, 9.17) is 5.11 Å². The normalized spacial score (nSPS) is 19.9. The van der Waals surface area contributed by atoms with Crippen molar-refractivity contribution in [2.24, 2.45) is 11.8 Å². The van der Waals surface area contributed by atoms with E-state index in [1.807, 2.05) is 13.8 Å². The van der Waals surface area contributed by atoms with Crippen LogP contribution in [0.4, 0.5) is 5.69 Å². The van der Waals surface area contributed by atoms with Gasteiger partial charge in [0.2, 0.25) is 5.91 Å². The number of anilines is 1. The second kappa shape index (κ2) is 8.65. The second-order valence-electron chi connectivity index (χ2n) is 6.44. The zero-order valence-corrected chi connectivity index (χ0v) is 14.8. The van der Waals surface area contributed by atoms with Crippen LogP contribution in [0.2, 0.25) is 0 Å². The number of carbonyl (C=O) groups is 3. The maximum atomic E-state index is 12.4. The number of hydrogen-bond acceptors (Lipinski definition) is 3. The Morgan fingerprint density at radius 1 is 1.08 bits per heavy atom. The zero-order valence-electron chi connectivity index (χ0n) is 14.8. The number of hydrogen-bond donors (Lipinski definition) is 2. The summed E-state index contributed by atoms with van der Waals surface area (Å²) in [6.07, 6.45) is 2.50. The van der Waals surface area contributed by atoms with Gasteiger partial charge in [0.1, 0.15) is 0 Å². The molecule has 0 aromatic heterocycles. The van der Waals surface area contributed by atoms with Crippen LogP contribution in [0.25, 0.3) is 0 Å². The summed E-state index contributed by atoms with van der Waals surface area (Å²) in [4.78, 5) is 37.5. The molecule has 1 aromatic carbocycles. The van der Waals surface area contributed by atoms with Crippen LogP contribution < -0.4 is 5.32 Å². The van der Waals surface area contributed by atoms with E-state index in [0.29, 0.717) is 43.6 Å². The van der Waals surface area contributed by atoms with Crippen LogP contribution in [0, 0.1) is 11.8 Å². The van der Waals surface area contributed by atoms with Gasteiger partial charge in [-0.2, -0.15) is 0 Å². The highest BCUT2D eigenvalue weighted by molar-refractivity contribution is 5.96. The molecule has 1 aliphatic rings. The van der Waals surface area contributed by atoms with Gasteiger partial charge in [-0.3, -0.25) is 14.4 Å². The molecule has 1 aromatic rings. The summed E-state index contributed by atoms with van der Waals surface area (Å²) in [5.41, 5.74) is 1.21. The van der Waals surface area contributed by atoms with Gasteiger partial charge in [0.05, 0.1) is 5.92 Å². The van der Waals surface area contributed by atoms with Crippen molar-refractivity contribution in [2.45, 2.75) is 39.5 Å². The van der Waals surface area contributed by atoms with Crippen molar-refractivity contribution in [3.8, 4) is 0 Å². The third kappa shape index (κ3) is 4.81. The molecule has 6 nitrogen and oxygen atoms in total. The van der Waals surface area contributed by atoms with E-state index in [-0.39, 0.29) is 17.7 Å². The monoisotopic (exact) mass is 346 g/mol. The maximum Gasteiger partial charge on any atom is 0.306 e. The largest absolute Gasteiger partial charge is 0.481 e. The molecule has 2 unspecified atom stereocenters. The van der Waals surface area contributed by atoms with E-state index in [1.165, 1.54) is 0 Å². The van der Waals surface area contributed by atoms with Crippen molar-refractivity contribution >= 4 is 23.5 Å². The van der Waals surface area contributed by atoms with Gasteiger partial charge in [-0.05, 0) is 57.4 Å². The molecule has 2 amide bonds. The third-order valence-corrected chi connectivity index (χ3v) is 4.84. The highest BCUT2D eigenvalue weighted by Gasteiger charge is 2.31. The average Bonchev–Trinajstić information content (AvgIpc) is 2.63. The highest BCUT2D eigenvalue weighted by Crippen LogP contribution is 2.30. The summed E-state index contributed by atoms with van der Waals surface area (Å²) < 4.78 is 0. The lowest BCUT2D eigenvalue weighted by atomic mass is 9.81. The summed E-state index contributed by atoms with van der Waals surface area (Å²) in [5.74, 6) is -1.70. The van der Waals surface area contributed by atoms with E-state index < -0.39 is 11.9 Å². The quantitative estimate of drug-likeness (QED) is 0.829. The van der Waals surface area contributed by atoms with Crippen molar-refractivity contribution in [2.75, 3.05) is 18.4 Å². The van der Waals surface area contributed by atoms with Crippen molar-refractivity contribution < 1.29 is 19.5 Å². The fraction of sp³-hybridized carbons (Fsp3) is 0.526. The Balaban J connectivity index is 1.97. The van der Waals surface area contributed by atoms with Crippen LogP contribution in [-0.2, 0) is 9.59 Å². The van der Waals surface area contributed by atoms with Crippen molar-refractivity contribution in [1.82, 2.24) is 4.90 Å². The van der Waals surface area contributed by atoms with Gasteiger partial charge in [-0.25, -0.2) is 0 Å². The smallest absolute Gasteiger partial charge is 0.306 e.